The molecule has 0 aliphatic carbocycles. The van der Waals surface area contributed by atoms with Crippen molar-refractivity contribution in [1.82, 2.24) is 0 Å². The van der Waals surface area contributed by atoms with Gasteiger partial charge in [-0.2, -0.15) is 0 Å². The summed E-state index contributed by atoms with van der Waals surface area (Å²) in [6.07, 6.45) is 0.170. The van der Waals surface area contributed by atoms with Crippen LogP contribution in [0.15, 0.2) is 66.7 Å². The highest BCUT2D eigenvalue weighted by Gasteiger charge is 2.35. The number of rotatable bonds is 5. The van der Waals surface area contributed by atoms with E-state index in [1.165, 1.54) is 5.56 Å². The molecule has 1 fully saturated rings. The Hall–Kier alpha value is -3.31. The largest absolute Gasteiger partial charge is 0.457 e. The van der Waals surface area contributed by atoms with E-state index in [4.69, 9.17) is 16.3 Å². The van der Waals surface area contributed by atoms with Crippen molar-refractivity contribution < 1.29 is 14.3 Å². The van der Waals surface area contributed by atoms with Gasteiger partial charge in [-0.15, -0.1) is 0 Å². The van der Waals surface area contributed by atoms with Crippen molar-refractivity contribution in [3.63, 3.8) is 0 Å². The highest BCUT2D eigenvalue weighted by atomic mass is 35.5. The molecule has 0 aromatic heterocycles. The van der Waals surface area contributed by atoms with Gasteiger partial charge < -0.3 is 15.0 Å². The monoisotopic (exact) mass is 476 g/mol. The fraction of sp³-hybridized carbons (Fsp3) is 0.286. The number of hydrogen-bond donors (Lipinski definition) is 1. The summed E-state index contributed by atoms with van der Waals surface area (Å²) >= 11 is 6.21. The third-order valence-electron chi connectivity index (χ3n) is 6.10. The van der Waals surface area contributed by atoms with E-state index < -0.39 is 5.92 Å². The maximum Gasteiger partial charge on any atom is 0.229 e. The molecule has 176 valence electrons. The standard InChI is InChI=1S/C28H29ClN2O3/c1-18-24(29)6-5-7-25(18)31-17-19(16-26(31)32)27(33)30-21-10-14-23(15-11-21)34-22-12-8-20(9-13-22)28(2,3)4/h5-15,19H,16-17H2,1-4H3,(H,30,33)/t19-/m0/s1. The first-order chi connectivity index (χ1) is 16.1. The number of carbonyl (C=O) groups excluding carboxylic acids is 2. The van der Waals surface area contributed by atoms with Crippen molar-refractivity contribution in [2.24, 2.45) is 5.92 Å². The lowest BCUT2D eigenvalue weighted by atomic mass is 9.87. The van der Waals surface area contributed by atoms with Crippen LogP contribution in [0.2, 0.25) is 5.02 Å². The molecule has 1 aliphatic rings. The smallest absolute Gasteiger partial charge is 0.229 e. The fourth-order valence-corrected chi connectivity index (χ4v) is 4.18. The van der Waals surface area contributed by atoms with E-state index in [1.54, 1.807) is 23.1 Å². The van der Waals surface area contributed by atoms with Crippen molar-refractivity contribution in [3.8, 4) is 11.5 Å². The molecule has 5 nitrogen and oxygen atoms in total. The summed E-state index contributed by atoms with van der Waals surface area (Å²) in [6.45, 7) is 8.73. The molecule has 1 saturated heterocycles. The third-order valence-corrected chi connectivity index (χ3v) is 6.51. The molecule has 34 heavy (non-hydrogen) atoms. The van der Waals surface area contributed by atoms with Gasteiger partial charge in [0.25, 0.3) is 0 Å². The SMILES string of the molecule is Cc1c(Cl)cccc1N1C[C@@H](C(=O)Nc2ccc(Oc3ccc(C(C)(C)C)cc3)cc2)CC1=O. The predicted molar refractivity (Wildman–Crippen MR) is 137 cm³/mol. The van der Waals surface area contributed by atoms with E-state index in [0.717, 1.165) is 17.0 Å². The molecular weight excluding hydrogens is 448 g/mol. The third kappa shape index (κ3) is 5.26. The lowest BCUT2D eigenvalue weighted by Gasteiger charge is -2.19. The molecule has 1 heterocycles. The zero-order chi connectivity index (χ0) is 24.5. The Balaban J connectivity index is 1.36. The van der Waals surface area contributed by atoms with E-state index in [-0.39, 0.29) is 23.7 Å². The quantitative estimate of drug-likeness (QED) is 0.444. The van der Waals surface area contributed by atoms with Crippen LogP contribution in [0.3, 0.4) is 0 Å². The zero-order valence-electron chi connectivity index (χ0n) is 19.9. The van der Waals surface area contributed by atoms with Crippen LogP contribution in [-0.2, 0) is 15.0 Å². The van der Waals surface area contributed by atoms with E-state index in [0.29, 0.717) is 23.0 Å². The van der Waals surface area contributed by atoms with Gasteiger partial charge in [-0.25, -0.2) is 0 Å². The zero-order valence-corrected chi connectivity index (χ0v) is 20.6. The van der Waals surface area contributed by atoms with Crippen LogP contribution in [0, 0.1) is 12.8 Å². The summed E-state index contributed by atoms with van der Waals surface area (Å²) < 4.78 is 5.93. The molecule has 1 atom stereocenters. The number of nitrogens with zero attached hydrogens (tertiary/aromatic N) is 1. The van der Waals surface area contributed by atoms with Crippen molar-refractivity contribution in [1.29, 1.82) is 0 Å². The number of benzene rings is 3. The Morgan fingerprint density at radius 3 is 2.24 bits per heavy atom. The van der Waals surface area contributed by atoms with Crippen molar-refractivity contribution >= 4 is 34.8 Å². The van der Waals surface area contributed by atoms with Crippen LogP contribution >= 0.6 is 11.6 Å². The van der Waals surface area contributed by atoms with Crippen LogP contribution in [0.5, 0.6) is 11.5 Å². The molecule has 3 aromatic rings. The first kappa shape index (κ1) is 23.8. The molecule has 4 rings (SSSR count). The fourth-order valence-electron chi connectivity index (χ4n) is 4.01. The van der Waals surface area contributed by atoms with E-state index in [9.17, 15) is 9.59 Å². The second kappa shape index (κ2) is 9.51. The number of halogens is 1. The van der Waals surface area contributed by atoms with Gasteiger partial charge in [0.1, 0.15) is 11.5 Å². The molecule has 2 amide bonds. The number of amides is 2. The lowest BCUT2D eigenvalue weighted by Crippen LogP contribution is -2.28. The van der Waals surface area contributed by atoms with Gasteiger partial charge in [-0.05, 0) is 72.0 Å². The van der Waals surface area contributed by atoms with E-state index in [1.807, 2.05) is 43.3 Å². The Labute approximate surface area is 205 Å². The molecule has 0 unspecified atom stereocenters. The molecule has 0 bridgehead atoms. The van der Waals surface area contributed by atoms with Crippen molar-refractivity contribution in [2.75, 3.05) is 16.8 Å². The minimum atomic E-state index is -0.428. The first-order valence-electron chi connectivity index (χ1n) is 11.4. The highest BCUT2D eigenvalue weighted by Crippen LogP contribution is 2.32. The summed E-state index contributed by atoms with van der Waals surface area (Å²) in [5.74, 6) is 0.752. The van der Waals surface area contributed by atoms with Crippen LogP contribution in [-0.4, -0.2) is 18.4 Å². The molecule has 0 radical (unpaired) electrons. The number of carbonyl (C=O) groups is 2. The number of ether oxygens (including phenoxy) is 1. The van der Waals surface area contributed by atoms with Gasteiger partial charge >= 0.3 is 0 Å². The molecule has 1 aliphatic heterocycles. The maximum atomic E-state index is 12.8. The number of hydrogen-bond acceptors (Lipinski definition) is 3. The molecule has 1 N–H and O–H groups in total. The average Bonchev–Trinajstić information content (AvgIpc) is 3.18. The molecular formula is C28H29ClN2O3. The summed E-state index contributed by atoms with van der Waals surface area (Å²) in [5, 5.41) is 3.52. The van der Waals surface area contributed by atoms with Crippen LogP contribution in [0.4, 0.5) is 11.4 Å². The Kier molecular flexibility index (Phi) is 6.67. The normalized spacial score (nSPS) is 16.0. The summed E-state index contributed by atoms with van der Waals surface area (Å²) in [7, 11) is 0. The van der Waals surface area contributed by atoms with Crippen molar-refractivity contribution in [2.45, 2.75) is 39.5 Å². The summed E-state index contributed by atoms with van der Waals surface area (Å²) in [6, 6.07) is 20.7. The summed E-state index contributed by atoms with van der Waals surface area (Å²) in [5.41, 5.74) is 3.58. The topological polar surface area (TPSA) is 58.6 Å². The Morgan fingerprint density at radius 1 is 1.00 bits per heavy atom. The van der Waals surface area contributed by atoms with Crippen LogP contribution in [0.25, 0.3) is 0 Å². The van der Waals surface area contributed by atoms with Gasteiger partial charge in [0.2, 0.25) is 11.8 Å². The molecule has 6 heteroatoms. The molecule has 0 saturated carbocycles. The minimum Gasteiger partial charge on any atom is -0.457 e. The molecule has 3 aromatic carbocycles. The van der Waals surface area contributed by atoms with Gasteiger partial charge in [-0.1, -0.05) is 50.6 Å². The molecule has 0 spiro atoms. The highest BCUT2D eigenvalue weighted by molar-refractivity contribution is 6.31. The number of anilines is 2. The van der Waals surface area contributed by atoms with Gasteiger partial charge in [0.15, 0.2) is 0 Å². The Bertz CT molecular complexity index is 1200. The summed E-state index contributed by atoms with van der Waals surface area (Å²) in [4.78, 5) is 27.1. The number of nitrogens with one attached hydrogen (secondary N) is 1. The van der Waals surface area contributed by atoms with E-state index >= 15 is 0 Å². The van der Waals surface area contributed by atoms with Gasteiger partial charge in [-0.3, -0.25) is 9.59 Å². The van der Waals surface area contributed by atoms with Crippen LogP contribution in [0.1, 0.15) is 38.3 Å². The van der Waals surface area contributed by atoms with Gasteiger partial charge in [0.05, 0.1) is 5.92 Å². The van der Waals surface area contributed by atoms with Crippen molar-refractivity contribution in [3.05, 3.63) is 82.9 Å². The second-order valence-corrected chi connectivity index (χ2v) is 10.1. The van der Waals surface area contributed by atoms with E-state index in [2.05, 4.69) is 38.2 Å². The minimum absolute atomic E-state index is 0.0771. The van der Waals surface area contributed by atoms with Crippen LogP contribution < -0.4 is 15.0 Å². The van der Waals surface area contributed by atoms with Gasteiger partial charge in [0, 0.05) is 29.4 Å². The maximum absolute atomic E-state index is 12.8. The predicted octanol–water partition coefficient (Wildman–Crippen LogP) is 6.73. The second-order valence-electron chi connectivity index (χ2n) is 9.68. The first-order valence-corrected chi connectivity index (χ1v) is 11.7. The Morgan fingerprint density at radius 2 is 1.62 bits per heavy atom. The average molecular weight is 477 g/mol. The lowest BCUT2D eigenvalue weighted by molar-refractivity contribution is -0.122.